The maximum absolute atomic E-state index is 12.4. The van der Waals surface area contributed by atoms with Crippen molar-refractivity contribution in [2.45, 2.75) is 10.1 Å². The monoisotopic (exact) mass is 465 g/mol. The molecular formula is C18H16BrN3O3S2. The number of ether oxygens (including phenoxy) is 2. The molecule has 0 aliphatic heterocycles. The second-order valence-corrected chi connectivity index (χ2v) is 8.43. The van der Waals surface area contributed by atoms with Crippen LogP contribution in [0.4, 0.5) is 5.13 Å². The zero-order chi connectivity index (χ0) is 19.2. The van der Waals surface area contributed by atoms with E-state index in [1.807, 2.05) is 12.1 Å². The number of halogens is 1. The van der Waals surface area contributed by atoms with Crippen molar-refractivity contribution in [1.29, 1.82) is 0 Å². The van der Waals surface area contributed by atoms with Crippen LogP contribution in [-0.2, 0) is 5.75 Å². The van der Waals surface area contributed by atoms with Crippen LogP contribution < -0.4 is 14.8 Å². The van der Waals surface area contributed by atoms with Crippen LogP contribution in [0.25, 0.3) is 0 Å². The Morgan fingerprint density at radius 1 is 1.11 bits per heavy atom. The van der Waals surface area contributed by atoms with Gasteiger partial charge in [-0.1, -0.05) is 51.2 Å². The molecule has 9 heteroatoms. The van der Waals surface area contributed by atoms with Gasteiger partial charge in [0.2, 0.25) is 5.13 Å². The van der Waals surface area contributed by atoms with E-state index in [1.54, 1.807) is 37.1 Å². The van der Waals surface area contributed by atoms with Gasteiger partial charge in [-0.15, -0.1) is 10.2 Å². The summed E-state index contributed by atoms with van der Waals surface area (Å²) in [4.78, 5) is 12.4. The summed E-state index contributed by atoms with van der Waals surface area (Å²) < 4.78 is 12.2. The summed E-state index contributed by atoms with van der Waals surface area (Å²) in [7, 11) is 3.07. The quantitative estimate of drug-likeness (QED) is 0.396. The predicted molar refractivity (Wildman–Crippen MR) is 111 cm³/mol. The average molecular weight is 466 g/mol. The van der Waals surface area contributed by atoms with Crippen molar-refractivity contribution in [3.63, 3.8) is 0 Å². The molecule has 3 rings (SSSR count). The van der Waals surface area contributed by atoms with Crippen molar-refractivity contribution >= 4 is 50.1 Å². The third-order valence-corrected chi connectivity index (χ3v) is 6.12. The number of amides is 1. The second kappa shape index (κ2) is 9.20. The number of carbonyl (C=O) groups excluding carboxylic acids is 1. The molecule has 6 nitrogen and oxygen atoms in total. The molecule has 0 aliphatic carbocycles. The van der Waals surface area contributed by atoms with Gasteiger partial charge in [0.05, 0.1) is 14.2 Å². The highest BCUT2D eigenvalue weighted by molar-refractivity contribution is 9.10. The van der Waals surface area contributed by atoms with Crippen molar-refractivity contribution in [2.75, 3.05) is 19.5 Å². The molecule has 0 atom stereocenters. The van der Waals surface area contributed by atoms with Crippen LogP contribution in [0, 0.1) is 0 Å². The summed E-state index contributed by atoms with van der Waals surface area (Å²) in [5.41, 5.74) is 1.64. The molecule has 1 N–H and O–H groups in total. The van der Waals surface area contributed by atoms with E-state index in [9.17, 15) is 4.79 Å². The normalized spacial score (nSPS) is 10.5. The molecule has 0 bridgehead atoms. The maximum atomic E-state index is 12.4. The zero-order valence-corrected chi connectivity index (χ0v) is 17.8. The minimum absolute atomic E-state index is 0.281. The van der Waals surface area contributed by atoms with Gasteiger partial charge in [-0.25, -0.2) is 0 Å². The van der Waals surface area contributed by atoms with Crippen LogP contribution in [0.15, 0.2) is 51.3 Å². The largest absolute Gasteiger partial charge is 0.493 e. The first-order chi connectivity index (χ1) is 13.1. The first kappa shape index (κ1) is 19.7. The van der Waals surface area contributed by atoms with E-state index in [1.165, 1.54) is 24.0 Å². The summed E-state index contributed by atoms with van der Waals surface area (Å²) in [5, 5.41) is 11.4. The molecule has 1 heterocycles. The zero-order valence-electron chi connectivity index (χ0n) is 14.6. The number of rotatable bonds is 7. The van der Waals surface area contributed by atoms with Gasteiger partial charge in [-0.3, -0.25) is 10.1 Å². The van der Waals surface area contributed by atoms with E-state index < -0.39 is 0 Å². The van der Waals surface area contributed by atoms with E-state index >= 15 is 0 Å². The molecule has 0 saturated heterocycles. The number of thioether (sulfide) groups is 1. The highest BCUT2D eigenvalue weighted by Crippen LogP contribution is 2.30. The van der Waals surface area contributed by atoms with Crippen LogP contribution in [-0.4, -0.2) is 30.3 Å². The predicted octanol–water partition coefficient (Wildman–Crippen LogP) is 4.86. The Balaban J connectivity index is 1.61. The van der Waals surface area contributed by atoms with Crippen LogP contribution >= 0.6 is 39.0 Å². The van der Waals surface area contributed by atoms with Gasteiger partial charge in [0.15, 0.2) is 15.8 Å². The number of hydrogen-bond donors (Lipinski definition) is 1. The Hall–Kier alpha value is -2.10. The number of aromatic nitrogens is 2. The third-order valence-electron chi connectivity index (χ3n) is 3.55. The lowest BCUT2D eigenvalue weighted by molar-refractivity contribution is 0.102. The van der Waals surface area contributed by atoms with Crippen LogP contribution in [0.3, 0.4) is 0 Å². The first-order valence-electron chi connectivity index (χ1n) is 7.83. The smallest absolute Gasteiger partial charge is 0.257 e. The topological polar surface area (TPSA) is 73.3 Å². The number of nitrogens with zero attached hydrogens (tertiary/aromatic N) is 2. The summed E-state index contributed by atoms with van der Waals surface area (Å²) in [6.07, 6.45) is 0. The summed E-state index contributed by atoms with van der Waals surface area (Å²) >= 11 is 6.34. The van der Waals surface area contributed by atoms with E-state index in [-0.39, 0.29) is 5.91 Å². The third kappa shape index (κ3) is 5.21. The molecule has 0 fully saturated rings. The highest BCUT2D eigenvalue weighted by atomic mass is 79.9. The van der Waals surface area contributed by atoms with E-state index in [2.05, 4.69) is 43.6 Å². The summed E-state index contributed by atoms with van der Waals surface area (Å²) in [6, 6.07) is 13.1. The highest BCUT2D eigenvalue weighted by Gasteiger charge is 2.13. The number of methoxy groups -OCH3 is 2. The van der Waals surface area contributed by atoms with Crippen molar-refractivity contribution < 1.29 is 14.3 Å². The van der Waals surface area contributed by atoms with E-state index in [0.717, 1.165) is 14.6 Å². The van der Waals surface area contributed by atoms with Crippen molar-refractivity contribution in [3.05, 3.63) is 58.1 Å². The second-order valence-electron chi connectivity index (χ2n) is 5.31. The van der Waals surface area contributed by atoms with E-state index in [4.69, 9.17) is 9.47 Å². The lowest BCUT2D eigenvalue weighted by atomic mass is 10.2. The van der Waals surface area contributed by atoms with Gasteiger partial charge in [-0.05, 0) is 35.9 Å². The summed E-state index contributed by atoms with van der Waals surface area (Å²) in [5.74, 6) is 1.56. The SMILES string of the molecule is COc1ccc(C(=O)Nc2nnc(SCc3ccc(Br)cc3)s2)cc1OC. The van der Waals surface area contributed by atoms with Crippen molar-refractivity contribution in [3.8, 4) is 11.5 Å². The molecule has 1 amide bonds. The van der Waals surface area contributed by atoms with E-state index in [0.29, 0.717) is 22.2 Å². The van der Waals surface area contributed by atoms with Gasteiger partial charge in [-0.2, -0.15) is 0 Å². The van der Waals surface area contributed by atoms with Crippen molar-refractivity contribution in [1.82, 2.24) is 10.2 Å². The Morgan fingerprint density at radius 2 is 1.85 bits per heavy atom. The molecule has 0 unspecified atom stereocenters. The Kier molecular flexibility index (Phi) is 6.70. The van der Waals surface area contributed by atoms with Gasteiger partial charge in [0, 0.05) is 15.8 Å². The van der Waals surface area contributed by atoms with Gasteiger partial charge >= 0.3 is 0 Å². The van der Waals surface area contributed by atoms with Gasteiger partial charge in [0.25, 0.3) is 5.91 Å². The number of anilines is 1. The lowest BCUT2D eigenvalue weighted by Gasteiger charge is -2.08. The van der Waals surface area contributed by atoms with Gasteiger partial charge in [0.1, 0.15) is 0 Å². The number of nitrogens with one attached hydrogen (secondary N) is 1. The molecule has 140 valence electrons. The van der Waals surface area contributed by atoms with Crippen LogP contribution in [0.5, 0.6) is 11.5 Å². The molecule has 3 aromatic rings. The standard InChI is InChI=1S/C18H16BrN3O3S2/c1-24-14-8-5-12(9-15(14)25-2)16(23)20-17-21-22-18(27-17)26-10-11-3-6-13(19)7-4-11/h3-9H,10H2,1-2H3,(H,20,21,23). The van der Waals surface area contributed by atoms with Crippen LogP contribution in [0.1, 0.15) is 15.9 Å². The molecule has 2 aromatic carbocycles. The van der Waals surface area contributed by atoms with Crippen molar-refractivity contribution in [2.24, 2.45) is 0 Å². The number of carbonyl (C=O) groups is 1. The Morgan fingerprint density at radius 3 is 2.56 bits per heavy atom. The molecule has 0 radical (unpaired) electrons. The summed E-state index contributed by atoms with van der Waals surface area (Å²) in [6.45, 7) is 0. The molecule has 27 heavy (non-hydrogen) atoms. The molecular weight excluding hydrogens is 450 g/mol. The fourth-order valence-corrected chi connectivity index (χ4v) is 4.16. The maximum Gasteiger partial charge on any atom is 0.257 e. The molecule has 1 aromatic heterocycles. The number of hydrogen-bond acceptors (Lipinski definition) is 7. The lowest BCUT2D eigenvalue weighted by Crippen LogP contribution is -2.11. The first-order valence-corrected chi connectivity index (χ1v) is 10.4. The molecule has 0 saturated carbocycles. The Labute approximate surface area is 173 Å². The fourth-order valence-electron chi connectivity index (χ4n) is 2.19. The minimum Gasteiger partial charge on any atom is -0.493 e. The Bertz CT molecular complexity index is 932. The number of benzene rings is 2. The fraction of sp³-hybridized carbons (Fsp3) is 0.167. The molecule has 0 spiro atoms. The minimum atomic E-state index is -0.281. The van der Waals surface area contributed by atoms with Gasteiger partial charge < -0.3 is 9.47 Å². The average Bonchev–Trinajstić information content (AvgIpc) is 3.14. The molecule has 0 aliphatic rings. The van der Waals surface area contributed by atoms with Crippen LogP contribution in [0.2, 0.25) is 0 Å².